The van der Waals surface area contributed by atoms with Crippen LogP contribution in [0, 0.1) is 16.0 Å². The van der Waals surface area contributed by atoms with E-state index in [9.17, 15) is 10.1 Å². The summed E-state index contributed by atoms with van der Waals surface area (Å²) in [6.45, 7) is 5.23. The lowest BCUT2D eigenvalue weighted by atomic mass is 9.96. The van der Waals surface area contributed by atoms with Gasteiger partial charge in [-0.25, -0.2) is 9.97 Å². The summed E-state index contributed by atoms with van der Waals surface area (Å²) in [6.07, 6.45) is 2.75. The molecule has 0 spiro atoms. The maximum Gasteiger partial charge on any atom is 0.269 e. The molecular formula is C20H24N4O4. The fourth-order valence-electron chi connectivity index (χ4n) is 3.74. The van der Waals surface area contributed by atoms with Gasteiger partial charge in [-0.05, 0) is 31.4 Å². The molecule has 3 heterocycles. The van der Waals surface area contributed by atoms with Crippen LogP contribution in [0.5, 0.6) is 0 Å². The Hall–Kier alpha value is -2.58. The van der Waals surface area contributed by atoms with Crippen LogP contribution < -0.4 is 4.90 Å². The van der Waals surface area contributed by atoms with Crippen molar-refractivity contribution in [2.24, 2.45) is 5.92 Å². The Morgan fingerprint density at radius 2 is 1.82 bits per heavy atom. The van der Waals surface area contributed by atoms with E-state index in [4.69, 9.17) is 14.5 Å². The Balaban J connectivity index is 1.53. The summed E-state index contributed by atoms with van der Waals surface area (Å²) in [6, 6.07) is 8.43. The summed E-state index contributed by atoms with van der Waals surface area (Å²) in [5, 5.41) is 10.9. The number of hydrogen-bond acceptors (Lipinski definition) is 7. The maximum absolute atomic E-state index is 10.9. The third-order valence-corrected chi connectivity index (χ3v) is 5.36. The molecule has 2 saturated heterocycles. The number of aryl methyl sites for hydroxylation is 1. The number of non-ortho nitro benzene ring substituents is 1. The van der Waals surface area contributed by atoms with E-state index in [0.717, 1.165) is 49.4 Å². The number of nitrogens with zero attached hydrogens (tertiary/aromatic N) is 4. The molecule has 0 atom stereocenters. The molecule has 0 aliphatic carbocycles. The molecule has 4 rings (SSSR count). The zero-order chi connectivity index (χ0) is 19.5. The van der Waals surface area contributed by atoms with Gasteiger partial charge in [-0.15, -0.1) is 0 Å². The van der Waals surface area contributed by atoms with Crippen molar-refractivity contribution in [3.63, 3.8) is 0 Å². The Kier molecular flexibility index (Phi) is 5.50. The number of hydrogen-bond donors (Lipinski definition) is 0. The number of anilines is 1. The van der Waals surface area contributed by atoms with Crippen LogP contribution >= 0.6 is 0 Å². The van der Waals surface area contributed by atoms with E-state index in [1.54, 1.807) is 12.1 Å². The summed E-state index contributed by atoms with van der Waals surface area (Å²) in [5.41, 5.74) is 1.81. The maximum atomic E-state index is 10.9. The lowest BCUT2D eigenvalue weighted by Gasteiger charge is -2.34. The summed E-state index contributed by atoms with van der Waals surface area (Å²) in [7, 11) is 0. The van der Waals surface area contributed by atoms with E-state index in [1.807, 2.05) is 6.07 Å². The molecule has 0 radical (unpaired) electrons. The predicted octanol–water partition coefficient (Wildman–Crippen LogP) is 3.20. The first-order valence-electron chi connectivity index (χ1n) is 9.75. The quantitative estimate of drug-likeness (QED) is 0.577. The highest BCUT2D eigenvalue weighted by Crippen LogP contribution is 2.29. The second-order valence-electron chi connectivity index (χ2n) is 7.13. The first kappa shape index (κ1) is 18.8. The third kappa shape index (κ3) is 3.98. The molecule has 1 aromatic heterocycles. The molecule has 0 bridgehead atoms. The second-order valence-corrected chi connectivity index (χ2v) is 7.13. The highest BCUT2D eigenvalue weighted by atomic mass is 16.7. The van der Waals surface area contributed by atoms with Gasteiger partial charge in [0.1, 0.15) is 5.82 Å². The highest BCUT2D eigenvalue weighted by molar-refractivity contribution is 5.60. The van der Waals surface area contributed by atoms with Crippen molar-refractivity contribution in [1.29, 1.82) is 0 Å². The van der Waals surface area contributed by atoms with Crippen LogP contribution in [0.15, 0.2) is 30.3 Å². The van der Waals surface area contributed by atoms with E-state index < -0.39 is 4.92 Å². The van der Waals surface area contributed by atoms with Crippen molar-refractivity contribution in [2.45, 2.75) is 32.5 Å². The zero-order valence-electron chi connectivity index (χ0n) is 15.9. The van der Waals surface area contributed by atoms with Gasteiger partial charge in [0.15, 0.2) is 12.1 Å². The van der Waals surface area contributed by atoms with Crippen LogP contribution in [-0.2, 0) is 15.9 Å². The molecule has 28 heavy (non-hydrogen) atoms. The van der Waals surface area contributed by atoms with Gasteiger partial charge in [0.05, 0.1) is 18.1 Å². The number of ether oxygens (including phenoxy) is 2. The monoisotopic (exact) mass is 384 g/mol. The van der Waals surface area contributed by atoms with E-state index in [0.29, 0.717) is 25.0 Å². The van der Waals surface area contributed by atoms with Crippen molar-refractivity contribution in [3.05, 3.63) is 46.1 Å². The summed E-state index contributed by atoms with van der Waals surface area (Å²) in [4.78, 5) is 22.1. The predicted molar refractivity (Wildman–Crippen MR) is 104 cm³/mol. The van der Waals surface area contributed by atoms with Crippen molar-refractivity contribution >= 4 is 11.5 Å². The number of rotatable bonds is 5. The number of nitro benzene ring substituents is 1. The fraction of sp³-hybridized carbons (Fsp3) is 0.500. The van der Waals surface area contributed by atoms with Gasteiger partial charge >= 0.3 is 0 Å². The minimum atomic E-state index is -0.402. The Morgan fingerprint density at radius 1 is 1.14 bits per heavy atom. The van der Waals surface area contributed by atoms with Gasteiger partial charge in [0.25, 0.3) is 5.69 Å². The fourth-order valence-corrected chi connectivity index (χ4v) is 3.74. The number of piperidine rings is 1. The number of nitro groups is 1. The molecule has 2 fully saturated rings. The minimum absolute atomic E-state index is 0.0607. The topological polar surface area (TPSA) is 90.6 Å². The third-order valence-electron chi connectivity index (χ3n) is 5.36. The van der Waals surface area contributed by atoms with E-state index in [2.05, 4.69) is 16.8 Å². The Morgan fingerprint density at radius 3 is 2.43 bits per heavy atom. The first-order chi connectivity index (χ1) is 13.6. The zero-order valence-corrected chi connectivity index (χ0v) is 15.9. The molecule has 0 saturated carbocycles. The normalized spacial score (nSPS) is 18.5. The van der Waals surface area contributed by atoms with Crippen LogP contribution in [0.1, 0.15) is 25.5 Å². The molecular weight excluding hydrogens is 360 g/mol. The molecule has 8 heteroatoms. The second kappa shape index (κ2) is 8.20. The summed E-state index contributed by atoms with van der Waals surface area (Å²) in [5.74, 6) is 1.95. The van der Waals surface area contributed by atoms with Crippen LogP contribution in [0.3, 0.4) is 0 Å². The molecule has 8 nitrogen and oxygen atoms in total. The van der Waals surface area contributed by atoms with Gasteiger partial charge in [-0.3, -0.25) is 10.1 Å². The average molecular weight is 384 g/mol. The summed E-state index contributed by atoms with van der Waals surface area (Å²) >= 11 is 0. The SMILES string of the molecule is CCc1cc(N2CCC(C3OCCO3)CC2)nc(-c2ccc([N+](=O)[O-])cc2)n1. The first-order valence-corrected chi connectivity index (χ1v) is 9.75. The molecule has 0 unspecified atom stereocenters. The van der Waals surface area contributed by atoms with E-state index in [-0.39, 0.29) is 12.0 Å². The lowest BCUT2D eigenvalue weighted by Crippen LogP contribution is -2.38. The van der Waals surface area contributed by atoms with Crippen molar-refractivity contribution < 1.29 is 14.4 Å². The highest BCUT2D eigenvalue weighted by Gasteiger charge is 2.31. The number of benzene rings is 1. The molecule has 2 aliphatic rings. The Bertz CT molecular complexity index is 829. The van der Waals surface area contributed by atoms with Gasteiger partial charge in [0.2, 0.25) is 0 Å². The van der Waals surface area contributed by atoms with Gasteiger partial charge in [0, 0.05) is 48.5 Å². The van der Waals surface area contributed by atoms with Crippen molar-refractivity contribution in [3.8, 4) is 11.4 Å². The Labute approximate surface area is 163 Å². The van der Waals surface area contributed by atoms with Crippen molar-refractivity contribution in [1.82, 2.24) is 9.97 Å². The molecule has 0 N–H and O–H groups in total. The van der Waals surface area contributed by atoms with Crippen LogP contribution in [-0.4, -0.2) is 47.5 Å². The van der Waals surface area contributed by atoms with Crippen LogP contribution in [0.2, 0.25) is 0 Å². The van der Waals surface area contributed by atoms with Crippen LogP contribution in [0.25, 0.3) is 11.4 Å². The van der Waals surface area contributed by atoms with Gasteiger partial charge in [-0.2, -0.15) is 0 Å². The smallest absolute Gasteiger partial charge is 0.269 e. The standard InChI is InChI=1S/C20H24N4O4/c1-2-16-13-18(23-9-7-15(8-10-23)20-27-11-12-28-20)22-19(21-16)14-3-5-17(6-4-14)24(25)26/h3-6,13,15,20H,2,7-12H2,1H3. The molecule has 148 valence electrons. The average Bonchev–Trinajstić information content (AvgIpc) is 3.28. The van der Waals surface area contributed by atoms with Crippen LogP contribution in [0.4, 0.5) is 11.5 Å². The molecule has 2 aromatic rings. The van der Waals surface area contributed by atoms with E-state index in [1.165, 1.54) is 12.1 Å². The minimum Gasteiger partial charge on any atom is -0.356 e. The van der Waals surface area contributed by atoms with Gasteiger partial charge in [-0.1, -0.05) is 6.92 Å². The summed E-state index contributed by atoms with van der Waals surface area (Å²) < 4.78 is 11.3. The van der Waals surface area contributed by atoms with E-state index >= 15 is 0 Å². The number of aromatic nitrogens is 2. The van der Waals surface area contributed by atoms with Crippen molar-refractivity contribution in [2.75, 3.05) is 31.2 Å². The lowest BCUT2D eigenvalue weighted by molar-refractivity contribution is -0.384. The molecule has 1 aromatic carbocycles. The van der Waals surface area contributed by atoms with Gasteiger partial charge < -0.3 is 14.4 Å². The molecule has 0 amide bonds. The molecule has 2 aliphatic heterocycles. The largest absolute Gasteiger partial charge is 0.356 e.